The van der Waals surface area contributed by atoms with Crippen LogP contribution in [0, 0.1) is 11.7 Å². The summed E-state index contributed by atoms with van der Waals surface area (Å²) in [5.41, 5.74) is 2.47. The number of hydrogen-bond acceptors (Lipinski definition) is 5. The molecule has 2 amide bonds. The van der Waals surface area contributed by atoms with E-state index >= 15 is 0 Å². The number of carbonyl (C=O) groups excluding carboxylic acids is 2. The summed E-state index contributed by atoms with van der Waals surface area (Å²) < 4.78 is 14.4. The lowest BCUT2D eigenvalue weighted by Crippen LogP contribution is -2.56. The zero-order valence-electron chi connectivity index (χ0n) is 23.4. The maximum Gasteiger partial charge on any atom is 0.245 e. The van der Waals surface area contributed by atoms with E-state index in [0.717, 1.165) is 29.7 Å². The number of hydrogen-bond donors (Lipinski definition) is 2. The van der Waals surface area contributed by atoms with Crippen molar-refractivity contribution < 1.29 is 19.1 Å². The lowest BCUT2D eigenvalue weighted by atomic mass is 9.94. The number of aliphatic hydroxyl groups excluding tert-OH is 1. The Morgan fingerprint density at radius 2 is 1.77 bits per heavy atom. The van der Waals surface area contributed by atoms with Gasteiger partial charge in [0.15, 0.2) is 0 Å². The van der Waals surface area contributed by atoms with E-state index in [1.165, 1.54) is 6.07 Å². The Labute approximate surface area is 246 Å². The van der Waals surface area contributed by atoms with Crippen LogP contribution in [0.5, 0.6) is 0 Å². The molecule has 2 aromatic rings. The number of aliphatic hydroxyl groups is 1. The third-order valence-corrected chi connectivity index (χ3v) is 8.23. The zero-order chi connectivity index (χ0) is 29.0. The van der Waals surface area contributed by atoms with E-state index in [-0.39, 0.29) is 23.7 Å². The van der Waals surface area contributed by atoms with Crippen molar-refractivity contribution in [1.29, 1.82) is 0 Å². The van der Waals surface area contributed by atoms with E-state index < -0.39 is 12.3 Å². The number of nitrogens with zero attached hydrogens (tertiary/aromatic N) is 3. The lowest BCUT2D eigenvalue weighted by molar-refractivity contribution is -0.143. The highest BCUT2D eigenvalue weighted by Crippen LogP contribution is 2.33. The molecule has 0 aliphatic carbocycles. The second-order valence-electron chi connectivity index (χ2n) is 11.2. The second-order valence-corrected chi connectivity index (χ2v) is 12.0. The molecule has 2 N–H and O–H groups in total. The van der Waals surface area contributed by atoms with Crippen LogP contribution in [-0.4, -0.2) is 71.7 Å². The molecule has 2 saturated heterocycles. The van der Waals surface area contributed by atoms with E-state index in [0.29, 0.717) is 61.5 Å². The Balaban J connectivity index is 1.52. The third kappa shape index (κ3) is 7.46. The molecule has 2 aromatic carbocycles. The summed E-state index contributed by atoms with van der Waals surface area (Å²) in [6, 6.07) is 9.14. The monoisotopic (exact) mass is 592 g/mol. The summed E-state index contributed by atoms with van der Waals surface area (Å²) in [5, 5.41) is 14.2. The first kappa shape index (κ1) is 30.6. The fourth-order valence-electron chi connectivity index (χ4n) is 5.74. The molecule has 40 heavy (non-hydrogen) atoms. The molecule has 10 heteroatoms. The van der Waals surface area contributed by atoms with Gasteiger partial charge >= 0.3 is 0 Å². The van der Waals surface area contributed by atoms with Gasteiger partial charge in [-0.2, -0.15) is 0 Å². The number of piperazine rings is 1. The highest BCUT2D eigenvalue weighted by Gasteiger charge is 2.37. The Morgan fingerprint density at radius 1 is 1.05 bits per heavy atom. The molecule has 4 rings (SSSR count). The van der Waals surface area contributed by atoms with Crippen LogP contribution < -0.4 is 10.2 Å². The highest BCUT2D eigenvalue weighted by atomic mass is 35.5. The van der Waals surface area contributed by atoms with E-state index in [9.17, 15) is 19.1 Å². The number of nitrogens with one attached hydrogen (secondary N) is 1. The van der Waals surface area contributed by atoms with Gasteiger partial charge in [-0.05, 0) is 67.1 Å². The van der Waals surface area contributed by atoms with Crippen molar-refractivity contribution in [3.8, 4) is 0 Å². The molecule has 2 aliphatic rings. The number of amides is 2. The maximum absolute atomic E-state index is 14.4. The topological polar surface area (TPSA) is 76.1 Å². The molecule has 2 fully saturated rings. The van der Waals surface area contributed by atoms with Gasteiger partial charge in [0, 0.05) is 67.3 Å². The lowest BCUT2D eigenvalue weighted by Gasteiger charge is -2.40. The smallest absolute Gasteiger partial charge is 0.245 e. The molecule has 2 heterocycles. The number of anilines is 1. The molecule has 0 saturated carbocycles. The van der Waals surface area contributed by atoms with Crippen molar-refractivity contribution in [3.63, 3.8) is 0 Å². The van der Waals surface area contributed by atoms with Crippen molar-refractivity contribution in [3.05, 3.63) is 63.4 Å². The largest absolute Gasteiger partial charge is 0.379 e. The number of rotatable bonds is 10. The normalized spacial score (nSPS) is 18.4. The van der Waals surface area contributed by atoms with Crippen LogP contribution in [-0.2, 0) is 16.0 Å². The summed E-state index contributed by atoms with van der Waals surface area (Å²) in [4.78, 5) is 32.2. The van der Waals surface area contributed by atoms with Gasteiger partial charge in [0.1, 0.15) is 18.1 Å². The van der Waals surface area contributed by atoms with Crippen molar-refractivity contribution in [2.45, 2.75) is 64.8 Å². The quantitative estimate of drug-likeness (QED) is 0.378. The minimum absolute atomic E-state index is 0.0140. The fraction of sp³-hybridized carbons (Fsp3) is 0.533. The summed E-state index contributed by atoms with van der Waals surface area (Å²) >= 11 is 12.5. The molecule has 0 spiro atoms. The van der Waals surface area contributed by atoms with E-state index in [2.05, 4.69) is 24.1 Å². The number of carbonyl (C=O) groups is 2. The number of likely N-dealkylation sites (tertiary alicyclic amines) is 1. The molecule has 3 unspecified atom stereocenters. The van der Waals surface area contributed by atoms with E-state index in [4.69, 9.17) is 23.2 Å². The Hall–Kier alpha value is -2.39. The van der Waals surface area contributed by atoms with Gasteiger partial charge in [-0.1, -0.05) is 43.1 Å². The SMILES string of the molecule is CC(C)CC(NC(C)O)c1cc(F)ccc1N1CCN(C(=O)C(Cc2ccc(Cl)cc2Cl)N2CCCC2=O)CC1. The van der Waals surface area contributed by atoms with Gasteiger partial charge in [0.25, 0.3) is 0 Å². The molecule has 218 valence electrons. The van der Waals surface area contributed by atoms with Crippen molar-refractivity contribution >= 4 is 40.7 Å². The summed E-state index contributed by atoms with van der Waals surface area (Å²) in [6.45, 7) is 8.48. The second kappa shape index (κ2) is 13.5. The van der Waals surface area contributed by atoms with Crippen LogP contribution >= 0.6 is 23.2 Å². The third-order valence-electron chi connectivity index (χ3n) is 7.65. The van der Waals surface area contributed by atoms with Gasteiger partial charge in [-0.15, -0.1) is 0 Å². The average molecular weight is 594 g/mol. The van der Waals surface area contributed by atoms with Gasteiger partial charge in [-0.25, -0.2) is 4.39 Å². The summed E-state index contributed by atoms with van der Waals surface area (Å²) in [5.74, 6) is -0.0950. The van der Waals surface area contributed by atoms with Crippen molar-refractivity contribution in [2.24, 2.45) is 5.92 Å². The Morgan fingerprint density at radius 3 is 2.38 bits per heavy atom. The van der Waals surface area contributed by atoms with Gasteiger partial charge in [0.05, 0.1) is 0 Å². The predicted octanol–water partition coefficient (Wildman–Crippen LogP) is 5.03. The first-order chi connectivity index (χ1) is 19.0. The summed E-state index contributed by atoms with van der Waals surface area (Å²) in [7, 11) is 0. The fourth-order valence-corrected chi connectivity index (χ4v) is 6.23. The number of halogens is 3. The van der Waals surface area contributed by atoms with Crippen molar-refractivity contribution in [2.75, 3.05) is 37.6 Å². The Kier molecular flexibility index (Phi) is 10.3. The minimum atomic E-state index is -0.742. The standard InChI is InChI=1S/C30H39Cl2FN4O3/c1-19(2)15-26(34-20(3)38)24-18-23(33)8-9-27(24)35-11-13-36(14-12-35)30(40)28(37-10-4-5-29(37)39)16-21-6-7-22(31)17-25(21)32/h6-9,17-20,26,28,34,38H,4-5,10-16H2,1-3H3. The van der Waals surface area contributed by atoms with Gasteiger partial charge in [0.2, 0.25) is 11.8 Å². The summed E-state index contributed by atoms with van der Waals surface area (Å²) in [6.07, 6.45) is 1.49. The molecule has 7 nitrogen and oxygen atoms in total. The molecule has 3 atom stereocenters. The number of benzene rings is 2. The van der Waals surface area contributed by atoms with Crippen LogP contribution in [0.15, 0.2) is 36.4 Å². The van der Waals surface area contributed by atoms with Crippen molar-refractivity contribution in [1.82, 2.24) is 15.1 Å². The minimum Gasteiger partial charge on any atom is -0.379 e. The predicted molar refractivity (Wildman–Crippen MR) is 157 cm³/mol. The first-order valence-corrected chi connectivity index (χ1v) is 14.8. The molecule has 2 aliphatic heterocycles. The highest BCUT2D eigenvalue weighted by molar-refractivity contribution is 6.35. The van der Waals surface area contributed by atoms with Crippen LogP contribution in [0.4, 0.5) is 10.1 Å². The Bertz CT molecular complexity index is 1190. The molecular weight excluding hydrogens is 554 g/mol. The maximum atomic E-state index is 14.4. The van der Waals surface area contributed by atoms with E-state index in [1.807, 2.05) is 11.0 Å². The van der Waals surface area contributed by atoms with Crippen LogP contribution in [0.2, 0.25) is 10.0 Å². The molecular formula is C30H39Cl2FN4O3. The van der Waals surface area contributed by atoms with Crippen LogP contribution in [0.3, 0.4) is 0 Å². The molecule has 0 radical (unpaired) electrons. The van der Waals surface area contributed by atoms with Gasteiger partial charge in [-0.3, -0.25) is 14.9 Å². The molecule has 0 aromatic heterocycles. The van der Waals surface area contributed by atoms with Crippen LogP contribution in [0.1, 0.15) is 57.2 Å². The molecule has 0 bridgehead atoms. The van der Waals surface area contributed by atoms with Gasteiger partial charge < -0.3 is 19.8 Å². The average Bonchev–Trinajstić information content (AvgIpc) is 3.32. The van der Waals surface area contributed by atoms with Crippen LogP contribution in [0.25, 0.3) is 0 Å². The zero-order valence-corrected chi connectivity index (χ0v) is 24.9. The van der Waals surface area contributed by atoms with E-state index in [1.54, 1.807) is 36.1 Å². The first-order valence-electron chi connectivity index (χ1n) is 14.0.